The number of carboxylic acids is 1. The molecule has 0 saturated heterocycles. The second kappa shape index (κ2) is 12.3. The summed E-state index contributed by atoms with van der Waals surface area (Å²) in [5.74, 6) is -3.28. The molecule has 0 aromatic carbocycles. The zero-order valence-corrected chi connectivity index (χ0v) is 18.9. The van der Waals surface area contributed by atoms with E-state index in [1.54, 1.807) is 6.92 Å². The fourth-order valence-electron chi connectivity index (χ4n) is 2.96. The molecule has 34 heavy (non-hydrogen) atoms. The van der Waals surface area contributed by atoms with Gasteiger partial charge < -0.3 is 28.0 Å². The molecule has 2 rings (SSSR count). The van der Waals surface area contributed by atoms with Crippen molar-refractivity contribution in [3.63, 3.8) is 0 Å². The van der Waals surface area contributed by atoms with Crippen molar-refractivity contribution in [2.24, 2.45) is 22.4 Å². The number of Topliss-reactive ketones (excluding diaryl/α,β-unsaturated/α-hetero) is 1. The topological polar surface area (TPSA) is 226 Å². The van der Waals surface area contributed by atoms with E-state index >= 15 is 0 Å². The van der Waals surface area contributed by atoms with Gasteiger partial charge >= 0.3 is 12.1 Å². The predicted molar refractivity (Wildman–Crippen MR) is 118 cm³/mol. The normalized spacial score (nSPS) is 19.4. The number of nitrogens with zero attached hydrogens (tertiary/aromatic N) is 3. The lowest BCUT2D eigenvalue weighted by Gasteiger charge is -2.26. The van der Waals surface area contributed by atoms with Gasteiger partial charge in [0.25, 0.3) is 5.91 Å². The molecule has 1 atom stereocenters. The summed E-state index contributed by atoms with van der Waals surface area (Å²) in [7, 11) is 0. The number of alkyl halides is 3. The number of aliphatic carboxylic acids is 1. The number of aliphatic imine (C=N–C) groups is 1. The van der Waals surface area contributed by atoms with Crippen LogP contribution in [0, 0.1) is 5.92 Å². The number of carbonyl (C=O) groups is 3. The molecule has 12 nitrogen and oxygen atoms in total. The number of nitrogens with one attached hydrogen (secondary N) is 1. The van der Waals surface area contributed by atoms with Gasteiger partial charge in [0.1, 0.15) is 5.78 Å². The molecule has 1 heterocycles. The summed E-state index contributed by atoms with van der Waals surface area (Å²) in [5.41, 5.74) is 22.4. The molecule has 1 aromatic rings. The fraction of sp³-hybridized carbons (Fsp3) is 0.556. The van der Waals surface area contributed by atoms with E-state index < -0.39 is 24.1 Å². The molecular formula is C18H26ClF3N8O4. The highest BCUT2D eigenvalue weighted by Gasteiger charge is 2.38. The van der Waals surface area contributed by atoms with E-state index in [2.05, 4.69) is 20.3 Å². The number of halogens is 4. The minimum atomic E-state index is -5.08. The van der Waals surface area contributed by atoms with Gasteiger partial charge in [0.05, 0.1) is 12.1 Å². The van der Waals surface area contributed by atoms with Crippen LogP contribution in [-0.4, -0.2) is 57.0 Å². The van der Waals surface area contributed by atoms with Crippen molar-refractivity contribution in [3.8, 4) is 0 Å². The first-order valence-electron chi connectivity index (χ1n) is 9.93. The number of ketones is 1. The predicted octanol–water partition coefficient (Wildman–Crippen LogP) is 0.837. The molecule has 1 aromatic heterocycles. The minimum Gasteiger partial charge on any atom is -0.475 e. The Bertz CT molecular complexity index is 935. The Morgan fingerprint density at radius 3 is 2.18 bits per heavy atom. The fourth-order valence-corrected chi connectivity index (χ4v) is 3.09. The highest BCUT2D eigenvalue weighted by atomic mass is 35.5. The lowest BCUT2D eigenvalue weighted by Crippen LogP contribution is -2.39. The number of rotatable bonds is 5. The molecule has 1 saturated carbocycles. The largest absolute Gasteiger partial charge is 0.490 e. The number of hydrogen-bond donors (Lipinski definition) is 6. The molecule has 1 amide bonds. The number of guanidine groups is 1. The van der Waals surface area contributed by atoms with Crippen LogP contribution in [0.15, 0.2) is 4.99 Å². The first-order chi connectivity index (χ1) is 15.6. The highest BCUT2D eigenvalue weighted by Crippen LogP contribution is 2.29. The second-order valence-corrected chi connectivity index (χ2v) is 7.90. The number of carboxylic acid groups (broad SMARTS) is 1. The Kier molecular flexibility index (Phi) is 10.4. The van der Waals surface area contributed by atoms with Crippen molar-refractivity contribution < 1.29 is 32.7 Å². The molecule has 0 aliphatic heterocycles. The van der Waals surface area contributed by atoms with Gasteiger partial charge in [0.15, 0.2) is 28.4 Å². The third kappa shape index (κ3) is 9.35. The molecule has 0 bridgehead atoms. The van der Waals surface area contributed by atoms with Crippen LogP contribution < -0.4 is 28.3 Å². The number of nitrogen functional groups attached to an aromatic ring is 2. The molecule has 10 N–H and O–H groups in total. The van der Waals surface area contributed by atoms with Crippen molar-refractivity contribution in [2.75, 3.05) is 11.5 Å². The second-order valence-electron chi connectivity index (χ2n) is 7.54. The Labute approximate surface area is 197 Å². The lowest BCUT2D eigenvalue weighted by atomic mass is 9.82. The number of carbonyl (C=O) groups excluding carboxylic acids is 2. The molecule has 190 valence electrons. The van der Waals surface area contributed by atoms with E-state index in [1.807, 2.05) is 0 Å². The van der Waals surface area contributed by atoms with Crippen LogP contribution in [0.3, 0.4) is 0 Å². The molecule has 1 aliphatic carbocycles. The number of anilines is 2. The van der Waals surface area contributed by atoms with Crippen molar-refractivity contribution in [2.45, 2.75) is 57.3 Å². The summed E-state index contributed by atoms with van der Waals surface area (Å²) in [6, 6.07) is -0.450. The third-order valence-electron chi connectivity index (χ3n) is 4.74. The van der Waals surface area contributed by atoms with Gasteiger partial charge in [-0.25, -0.2) is 19.8 Å². The van der Waals surface area contributed by atoms with Crippen LogP contribution in [-0.2, 0) is 9.59 Å². The number of aromatic nitrogens is 2. The van der Waals surface area contributed by atoms with E-state index in [0.29, 0.717) is 12.3 Å². The summed E-state index contributed by atoms with van der Waals surface area (Å²) < 4.78 is 31.7. The van der Waals surface area contributed by atoms with Crippen molar-refractivity contribution in [1.29, 1.82) is 0 Å². The standard InChI is InChI=1S/C16H25ClN8O2.C2HF3O2/c1-7(18)10(26)6-8-2-4-9(5-3-8)22-16(21)25-15(27)11-13(19)24-14(20)12(17)23-11;3-2(4,5)1(6)7/h7-9H,2-6,18H2,1H3,(H4,19,20,24)(H3,21,22,25,27);(H,6,7)/t7-,8?,9?;/m1./s1. The molecule has 0 spiro atoms. The van der Waals surface area contributed by atoms with E-state index in [4.69, 9.17) is 44.4 Å². The third-order valence-corrected chi connectivity index (χ3v) is 5.02. The zero-order chi connectivity index (χ0) is 26.2. The highest BCUT2D eigenvalue weighted by molar-refractivity contribution is 6.31. The number of hydrogen-bond acceptors (Lipinski definition) is 9. The minimum absolute atomic E-state index is 0.0228. The van der Waals surface area contributed by atoms with E-state index in [-0.39, 0.29) is 40.3 Å². The lowest BCUT2D eigenvalue weighted by molar-refractivity contribution is -0.192. The average Bonchev–Trinajstić information content (AvgIpc) is 2.71. The Morgan fingerprint density at radius 2 is 1.71 bits per heavy atom. The van der Waals surface area contributed by atoms with Crippen molar-refractivity contribution >= 4 is 46.9 Å². The van der Waals surface area contributed by atoms with E-state index in [1.165, 1.54) is 0 Å². The number of nitrogens with two attached hydrogens (primary N) is 4. The van der Waals surface area contributed by atoms with Crippen LogP contribution in [0.5, 0.6) is 0 Å². The van der Waals surface area contributed by atoms with E-state index in [9.17, 15) is 22.8 Å². The van der Waals surface area contributed by atoms with Gasteiger partial charge in [-0.15, -0.1) is 0 Å². The maximum Gasteiger partial charge on any atom is 0.490 e. The summed E-state index contributed by atoms with van der Waals surface area (Å²) in [5, 5.41) is 9.43. The molecule has 0 unspecified atom stereocenters. The Morgan fingerprint density at radius 1 is 1.18 bits per heavy atom. The van der Waals surface area contributed by atoms with Crippen LogP contribution in [0.1, 0.15) is 49.5 Å². The van der Waals surface area contributed by atoms with Crippen LogP contribution in [0.25, 0.3) is 0 Å². The monoisotopic (exact) mass is 510 g/mol. The molecule has 16 heteroatoms. The molecular weight excluding hydrogens is 485 g/mol. The maximum atomic E-state index is 12.2. The average molecular weight is 511 g/mol. The summed E-state index contributed by atoms with van der Waals surface area (Å²) in [4.78, 5) is 44.7. The van der Waals surface area contributed by atoms with Crippen molar-refractivity contribution in [1.82, 2.24) is 15.3 Å². The van der Waals surface area contributed by atoms with Gasteiger partial charge in [-0.05, 0) is 38.5 Å². The Hall–Kier alpha value is -3.20. The van der Waals surface area contributed by atoms with E-state index in [0.717, 1.165) is 25.7 Å². The van der Waals surface area contributed by atoms with Gasteiger partial charge in [-0.2, -0.15) is 13.2 Å². The molecule has 1 fully saturated rings. The SMILES string of the molecule is C[C@@H](N)C(=O)CC1CCC(N=C(N)NC(=O)c2nc(Cl)c(N)nc2N)CC1.O=C(O)C(F)(F)F. The maximum absolute atomic E-state index is 12.2. The van der Waals surface area contributed by atoms with Crippen LogP contribution >= 0.6 is 11.6 Å². The first kappa shape index (κ1) is 28.8. The van der Waals surface area contributed by atoms with Gasteiger partial charge in [-0.3, -0.25) is 14.9 Å². The van der Waals surface area contributed by atoms with Gasteiger partial charge in [0, 0.05) is 6.42 Å². The molecule has 1 aliphatic rings. The first-order valence-corrected chi connectivity index (χ1v) is 10.3. The van der Waals surface area contributed by atoms with Crippen molar-refractivity contribution in [3.05, 3.63) is 10.8 Å². The van der Waals surface area contributed by atoms with Crippen LogP contribution in [0.2, 0.25) is 5.15 Å². The smallest absolute Gasteiger partial charge is 0.475 e. The van der Waals surface area contributed by atoms with Crippen LogP contribution in [0.4, 0.5) is 24.8 Å². The van der Waals surface area contributed by atoms with Gasteiger partial charge in [-0.1, -0.05) is 11.6 Å². The summed E-state index contributed by atoms with van der Waals surface area (Å²) >= 11 is 5.76. The summed E-state index contributed by atoms with van der Waals surface area (Å²) in [6.07, 6.45) is -1.30. The molecule has 0 radical (unpaired) electrons. The zero-order valence-electron chi connectivity index (χ0n) is 18.1. The Balaban J connectivity index is 0.000000718. The summed E-state index contributed by atoms with van der Waals surface area (Å²) in [6.45, 7) is 1.70. The number of amides is 1. The van der Waals surface area contributed by atoms with Gasteiger partial charge in [0.2, 0.25) is 0 Å². The quantitative estimate of drug-likeness (QED) is 0.241.